The Morgan fingerprint density at radius 3 is 2.71 bits per heavy atom. The maximum atomic E-state index is 12.2. The van der Waals surface area contributed by atoms with Crippen LogP contribution in [0.4, 0.5) is 5.82 Å². The van der Waals surface area contributed by atoms with E-state index in [1.165, 1.54) is 25.7 Å². The molecule has 2 aromatic heterocycles. The average molecular weight is 386 g/mol. The minimum atomic E-state index is 0.0668. The highest BCUT2D eigenvalue weighted by atomic mass is 16.1. The van der Waals surface area contributed by atoms with Crippen molar-refractivity contribution in [1.82, 2.24) is 30.0 Å². The van der Waals surface area contributed by atoms with E-state index in [0.717, 1.165) is 62.5 Å². The number of carbonyl (C=O) groups is 1. The first-order valence-electron chi connectivity index (χ1n) is 10.6. The molecule has 0 atom stereocenters. The minimum Gasteiger partial charge on any atom is -0.355 e. The molecular formula is C20H31N7O. The summed E-state index contributed by atoms with van der Waals surface area (Å²) < 4.78 is 1.80. The van der Waals surface area contributed by atoms with E-state index in [1.54, 1.807) is 4.52 Å². The van der Waals surface area contributed by atoms with Crippen LogP contribution in [0.3, 0.4) is 0 Å². The second kappa shape index (κ2) is 8.86. The van der Waals surface area contributed by atoms with Gasteiger partial charge in [0.05, 0.1) is 0 Å². The van der Waals surface area contributed by atoms with Crippen LogP contribution in [-0.2, 0) is 11.2 Å². The number of aromatic nitrogens is 4. The molecule has 1 N–H and O–H groups in total. The van der Waals surface area contributed by atoms with Crippen molar-refractivity contribution >= 4 is 17.4 Å². The average Bonchev–Trinajstić information content (AvgIpc) is 3.36. The normalized spacial score (nSPS) is 18.8. The van der Waals surface area contributed by atoms with Gasteiger partial charge in [-0.05, 0) is 56.8 Å². The third-order valence-electron chi connectivity index (χ3n) is 5.95. The van der Waals surface area contributed by atoms with Crippen molar-refractivity contribution in [3.8, 4) is 0 Å². The maximum absolute atomic E-state index is 12.2. The number of anilines is 1. The summed E-state index contributed by atoms with van der Waals surface area (Å²) in [6, 6.07) is 3.99. The molecule has 8 nitrogen and oxygen atoms in total. The second-order valence-corrected chi connectivity index (χ2v) is 8.15. The largest absolute Gasteiger partial charge is 0.355 e. The molecule has 2 aliphatic rings. The molecule has 2 aliphatic heterocycles. The molecule has 8 heteroatoms. The van der Waals surface area contributed by atoms with E-state index in [-0.39, 0.29) is 5.91 Å². The summed E-state index contributed by atoms with van der Waals surface area (Å²) in [6.45, 7) is 8.36. The molecule has 0 unspecified atom stereocenters. The van der Waals surface area contributed by atoms with Crippen LogP contribution in [0.25, 0.3) is 5.65 Å². The lowest BCUT2D eigenvalue weighted by molar-refractivity contribution is -0.121. The monoisotopic (exact) mass is 385 g/mol. The summed E-state index contributed by atoms with van der Waals surface area (Å²) in [5, 5.41) is 16.2. The van der Waals surface area contributed by atoms with Crippen LogP contribution in [-0.4, -0.2) is 69.9 Å². The first-order valence-corrected chi connectivity index (χ1v) is 10.6. The van der Waals surface area contributed by atoms with Gasteiger partial charge < -0.3 is 15.1 Å². The van der Waals surface area contributed by atoms with Gasteiger partial charge in [0.2, 0.25) is 5.91 Å². The smallest absolute Gasteiger partial charge is 0.220 e. The zero-order chi connectivity index (χ0) is 19.3. The molecule has 4 heterocycles. The van der Waals surface area contributed by atoms with Crippen LogP contribution in [0.2, 0.25) is 0 Å². The summed E-state index contributed by atoms with van der Waals surface area (Å²) in [4.78, 5) is 16.9. The molecule has 2 fully saturated rings. The summed E-state index contributed by atoms with van der Waals surface area (Å²) in [7, 11) is 0. The lowest BCUT2D eigenvalue weighted by Gasteiger charge is -2.30. The van der Waals surface area contributed by atoms with Crippen LogP contribution < -0.4 is 10.2 Å². The Bertz CT molecular complexity index is 791. The molecule has 2 aromatic rings. The first-order chi connectivity index (χ1) is 13.7. The lowest BCUT2D eigenvalue weighted by Crippen LogP contribution is -2.34. The fraction of sp³-hybridized carbons (Fsp3) is 0.700. The van der Waals surface area contributed by atoms with Crippen LogP contribution >= 0.6 is 0 Å². The molecule has 0 aliphatic carbocycles. The highest BCUT2D eigenvalue weighted by Gasteiger charge is 2.18. The number of hydrogen-bond acceptors (Lipinski definition) is 6. The van der Waals surface area contributed by atoms with Crippen LogP contribution in [0, 0.1) is 5.92 Å². The predicted octanol–water partition coefficient (Wildman–Crippen LogP) is 1.51. The second-order valence-electron chi connectivity index (χ2n) is 8.15. The summed E-state index contributed by atoms with van der Waals surface area (Å²) in [6.07, 6.45) is 5.91. The molecule has 152 valence electrons. The minimum absolute atomic E-state index is 0.0668. The third-order valence-corrected chi connectivity index (χ3v) is 5.95. The Morgan fingerprint density at radius 2 is 1.93 bits per heavy atom. The fourth-order valence-corrected chi connectivity index (χ4v) is 4.06. The number of hydrogen-bond donors (Lipinski definition) is 1. The standard InChI is InChI=1S/C20H31N7O/c1-16-8-13-26(14-9-16)19-5-4-17-22-23-18(27(17)24-19)6-7-20(28)21-10-15-25-11-2-3-12-25/h4-5,16H,2-3,6-15H2,1H3,(H,21,28). The van der Waals surface area contributed by atoms with E-state index in [4.69, 9.17) is 5.10 Å². The molecule has 4 rings (SSSR count). The fourth-order valence-electron chi connectivity index (χ4n) is 4.06. The van der Waals surface area contributed by atoms with E-state index >= 15 is 0 Å². The topological polar surface area (TPSA) is 78.7 Å². The van der Waals surface area contributed by atoms with Gasteiger partial charge in [0.1, 0.15) is 5.82 Å². The Morgan fingerprint density at radius 1 is 1.14 bits per heavy atom. The SMILES string of the molecule is CC1CCN(c2ccc3nnc(CCC(=O)NCCN4CCCC4)n3n2)CC1. The number of likely N-dealkylation sites (tertiary alicyclic amines) is 1. The Hall–Kier alpha value is -2.22. The number of aryl methyl sites for hydroxylation is 1. The Balaban J connectivity index is 1.31. The van der Waals surface area contributed by atoms with Crippen molar-refractivity contribution in [3.63, 3.8) is 0 Å². The summed E-state index contributed by atoms with van der Waals surface area (Å²) in [5.74, 6) is 2.57. The number of piperidine rings is 1. The van der Waals surface area contributed by atoms with Gasteiger partial charge >= 0.3 is 0 Å². The molecule has 0 radical (unpaired) electrons. The molecular weight excluding hydrogens is 354 g/mol. The van der Waals surface area contributed by atoms with Crippen molar-refractivity contribution in [2.75, 3.05) is 44.2 Å². The van der Waals surface area contributed by atoms with E-state index in [1.807, 2.05) is 12.1 Å². The van der Waals surface area contributed by atoms with Gasteiger partial charge in [-0.3, -0.25) is 4.79 Å². The third kappa shape index (κ3) is 4.60. The molecule has 0 bridgehead atoms. The van der Waals surface area contributed by atoms with Crippen molar-refractivity contribution in [3.05, 3.63) is 18.0 Å². The quantitative estimate of drug-likeness (QED) is 0.778. The van der Waals surface area contributed by atoms with Crippen LogP contribution in [0.1, 0.15) is 44.9 Å². The maximum Gasteiger partial charge on any atom is 0.220 e. The number of rotatable bonds is 7. The molecule has 1 amide bonds. The van der Waals surface area contributed by atoms with Gasteiger partial charge in [0.25, 0.3) is 0 Å². The predicted molar refractivity (Wildman–Crippen MR) is 108 cm³/mol. The van der Waals surface area contributed by atoms with Crippen molar-refractivity contribution < 1.29 is 4.79 Å². The van der Waals surface area contributed by atoms with Gasteiger partial charge in [0, 0.05) is 39.0 Å². The number of nitrogens with one attached hydrogen (secondary N) is 1. The van der Waals surface area contributed by atoms with Crippen LogP contribution in [0.15, 0.2) is 12.1 Å². The van der Waals surface area contributed by atoms with Crippen molar-refractivity contribution in [2.24, 2.45) is 5.92 Å². The number of carbonyl (C=O) groups excluding carboxylic acids is 1. The lowest BCUT2D eigenvalue weighted by atomic mass is 9.99. The zero-order valence-corrected chi connectivity index (χ0v) is 16.8. The van der Waals surface area contributed by atoms with Gasteiger partial charge in [-0.15, -0.1) is 15.3 Å². The van der Waals surface area contributed by atoms with Crippen molar-refractivity contribution in [2.45, 2.75) is 45.4 Å². The van der Waals surface area contributed by atoms with Gasteiger partial charge in [-0.2, -0.15) is 4.52 Å². The number of amides is 1. The van der Waals surface area contributed by atoms with E-state index < -0.39 is 0 Å². The molecule has 0 saturated carbocycles. The molecule has 0 spiro atoms. The highest BCUT2D eigenvalue weighted by molar-refractivity contribution is 5.76. The molecule has 2 saturated heterocycles. The van der Waals surface area contributed by atoms with E-state index in [9.17, 15) is 4.79 Å². The number of fused-ring (bicyclic) bond motifs is 1. The van der Waals surface area contributed by atoms with Gasteiger partial charge in [-0.1, -0.05) is 6.92 Å². The van der Waals surface area contributed by atoms with Crippen LogP contribution in [0.5, 0.6) is 0 Å². The molecule has 28 heavy (non-hydrogen) atoms. The number of nitrogens with zero attached hydrogens (tertiary/aromatic N) is 6. The Kier molecular flexibility index (Phi) is 6.04. The first kappa shape index (κ1) is 19.1. The van der Waals surface area contributed by atoms with Gasteiger partial charge in [0.15, 0.2) is 11.5 Å². The van der Waals surface area contributed by atoms with Crippen molar-refractivity contribution in [1.29, 1.82) is 0 Å². The summed E-state index contributed by atoms with van der Waals surface area (Å²) >= 11 is 0. The highest BCUT2D eigenvalue weighted by Crippen LogP contribution is 2.21. The zero-order valence-electron chi connectivity index (χ0n) is 16.8. The van der Waals surface area contributed by atoms with Gasteiger partial charge in [-0.25, -0.2) is 0 Å². The molecule has 0 aromatic carbocycles. The summed E-state index contributed by atoms with van der Waals surface area (Å²) in [5.41, 5.74) is 0.735. The van der Waals surface area contributed by atoms with E-state index in [0.29, 0.717) is 12.8 Å². The van der Waals surface area contributed by atoms with E-state index in [2.05, 4.69) is 32.2 Å². The Labute approximate surface area is 166 Å².